The zero-order valence-corrected chi connectivity index (χ0v) is 10.4. The minimum atomic E-state index is -0.508. The molecule has 0 spiro atoms. The summed E-state index contributed by atoms with van der Waals surface area (Å²) in [5, 5.41) is 6.08. The number of hydrogen-bond acceptors (Lipinski definition) is 5. The lowest BCUT2D eigenvalue weighted by Crippen LogP contribution is -2.32. The topological polar surface area (TPSA) is 74.3 Å². The van der Waals surface area contributed by atoms with Crippen LogP contribution in [-0.2, 0) is 9.59 Å². The standard InChI is InChI=1S/C12H16N4O2/c1-3-13-9-5-4-6-10(15-9)14-8-7-11(17)16(2)12(8)18/h4-6,8H,3,7H2,1-2H3,(H2,13,14,15). The molecule has 18 heavy (non-hydrogen) atoms. The molecule has 1 saturated heterocycles. The van der Waals surface area contributed by atoms with Gasteiger partial charge in [-0.3, -0.25) is 14.5 Å². The van der Waals surface area contributed by atoms with Crippen molar-refractivity contribution < 1.29 is 9.59 Å². The van der Waals surface area contributed by atoms with Crippen LogP contribution in [0, 0.1) is 0 Å². The second-order valence-electron chi connectivity index (χ2n) is 4.13. The zero-order chi connectivity index (χ0) is 13.1. The Bertz CT molecular complexity index is 475. The molecular weight excluding hydrogens is 232 g/mol. The Balaban J connectivity index is 2.08. The lowest BCUT2D eigenvalue weighted by atomic mass is 10.2. The maximum Gasteiger partial charge on any atom is 0.251 e. The van der Waals surface area contributed by atoms with Crippen molar-refractivity contribution in [3.63, 3.8) is 0 Å². The van der Waals surface area contributed by atoms with Crippen molar-refractivity contribution in [3.05, 3.63) is 18.2 Å². The number of hydrogen-bond donors (Lipinski definition) is 2. The zero-order valence-electron chi connectivity index (χ0n) is 10.4. The second-order valence-corrected chi connectivity index (χ2v) is 4.13. The Morgan fingerprint density at radius 3 is 2.72 bits per heavy atom. The van der Waals surface area contributed by atoms with E-state index in [9.17, 15) is 9.59 Å². The first kappa shape index (κ1) is 12.3. The van der Waals surface area contributed by atoms with E-state index in [2.05, 4.69) is 15.6 Å². The van der Waals surface area contributed by atoms with Crippen molar-refractivity contribution in [2.24, 2.45) is 0 Å². The van der Waals surface area contributed by atoms with Gasteiger partial charge in [0.25, 0.3) is 5.91 Å². The molecule has 1 aliphatic rings. The van der Waals surface area contributed by atoms with Crippen LogP contribution in [0.1, 0.15) is 13.3 Å². The summed E-state index contributed by atoms with van der Waals surface area (Å²) < 4.78 is 0. The first-order valence-corrected chi connectivity index (χ1v) is 5.89. The van der Waals surface area contributed by atoms with Crippen LogP contribution in [0.2, 0.25) is 0 Å². The Kier molecular flexibility index (Phi) is 3.45. The fourth-order valence-electron chi connectivity index (χ4n) is 1.84. The summed E-state index contributed by atoms with van der Waals surface area (Å²) in [7, 11) is 1.49. The van der Waals surface area contributed by atoms with E-state index in [4.69, 9.17) is 0 Å². The molecule has 0 radical (unpaired) electrons. The fourth-order valence-corrected chi connectivity index (χ4v) is 1.84. The third-order valence-corrected chi connectivity index (χ3v) is 2.81. The minimum Gasteiger partial charge on any atom is -0.370 e. The van der Waals surface area contributed by atoms with Gasteiger partial charge < -0.3 is 10.6 Å². The molecule has 1 aliphatic heterocycles. The van der Waals surface area contributed by atoms with Crippen LogP contribution in [0.15, 0.2) is 18.2 Å². The highest BCUT2D eigenvalue weighted by molar-refractivity contribution is 6.06. The summed E-state index contributed by atoms with van der Waals surface area (Å²) in [5.41, 5.74) is 0. The quantitative estimate of drug-likeness (QED) is 0.767. The van der Waals surface area contributed by atoms with Crippen molar-refractivity contribution in [2.75, 3.05) is 24.2 Å². The number of nitrogens with zero attached hydrogens (tertiary/aromatic N) is 2. The van der Waals surface area contributed by atoms with Crippen molar-refractivity contribution in [1.82, 2.24) is 9.88 Å². The molecule has 6 nitrogen and oxygen atoms in total. The van der Waals surface area contributed by atoms with Crippen LogP contribution in [0.3, 0.4) is 0 Å². The number of carbonyl (C=O) groups is 2. The van der Waals surface area contributed by atoms with Crippen LogP contribution < -0.4 is 10.6 Å². The number of nitrogens with one attached hydrogen (secondary N) is 2. The molecule has 0 aliphatic carbocycles. The normalized spacial score (nSPS) is 19.2. The maximum atomic E-state index is 11.7. The van der Waals surface area contributed by atoms with E-state index in [-0.39, 0.29) is 18.2 Å². The molecule has 6 heteroatoms. The van der Waals surface area contributed by atoms with Gasteiger partial charge in [0.1, 0.15) is 17.7 Å². The van der Waals surface area contributed by atoms with E-state index in [1.165, 1.54) is 7.05 Å². The van der Waals surface area contributed by atoms with Crippen molar-refractivity contribution in [3.8, 4) is 0 Å². The third-order valence-electron chi connectivity index (χ3n) is 2.81. The van der Waals surface area contributed by atoms with Gasteiger partial charge in [0, 0.05) is 13.6 Å². The van der Waals surface area contributed by atoms with Crippen molar-refractivity contribution in [1.29, 1.82) is 0 Å². The highest BCUT2D eigenvalue weighted by Gasteiger charge is 2.36. The number of aromatic nitrogens is 1. The molecule has 0 saturated carbocycles. The number of anilines is 2. The van der Waals surface area contributed by atoms with Gasteiger partial charge in [-0.2, -0.15) is 0 Å². The average Bonchev–Trinajstić information content (AvgIpc) is 2.58. The molecular formula is C12H16N4O2. The number of carbonyl (C=O) groups excluding carboxylic acids is 2. The van der Waals surface area contributed by atoms with Gasteiger partial charge in [0.15, 0.2) is 0 Å². The first-order chi connectivity index (χ1) is 8.61. The van der Waals surface area contributed by atoms with E-state index in [1.807, 2.05) is 19.1 Å². The van der Waals surface area contributed by atoms with Gasteiger partial charge in [-0.15, -0.1) is 0 Å². The molecule has 2 heterocycles. The molecule has 2 N–H and O–H groups in total. The van der Waals surface area contributed by atoms with Crippen LogP contribution in [-0.4, -0.2) is 41.3 Å². The fraction of sp³-hybridized carbons (Fsp3) is 0.417. The minimum absolute atomic E-state index is 0.166. The van der Waals surface area contributed by atoms with E-state index in [1.54, 1.807) is 6.07 Å². The summed E-state index contributed by atoms with van der Waals surface area (Å²) in [5.74, 6) is 0.957. The van der Waals surface area contributed by atoms with Crippen LogP contribution in [0.25, 0.3) is 0 Å². The highest BCUT2D eigenvalue weighted by atomic mass is 16.2. The molecule has 1 aromatic heterocycles. The van der Waals surface area contributed by atoms with Crippen LogP contribution in [0.4, 0.5) is 11.6 Å². The monoisotopic (exact) mass is 248 g/mol. The van der Waals surface area contributed by atoms with Gasteiger partial charge in [0.05, 0.1) is 6.42 Å². The van der Waals surface area contributed by atoms with Crippen molar-refractivity contribution in [2.45, 2.75) is 19.4 Å². The third kappa shape index (κ3) is 2.42. The van der Waals surface area contributed by atoms with Gasteiger partial charge in [-0.1, -0.05) is 6.07 Å². The molecule has 1 fully saturated rings. The number of likely N-dealkylation sites (tertiary alicyclic amines) is 1. The second kappa shape index (κ2) is 5.03. The predicted octanol–water partition coefficient (Wildman–Crippen LogP) is 0.683. The largest absolute Gasteiger partial charge is 0.370 e. The van der Waals surface area contributed by atoms with E-state index >= 15 is 0 Å². The Labute approximate surface area is 105 Å². The summed E-state index contributed by atoms with van der Waals surface area (Å²) in [6.45, 7) is 2.76. The van der Waals surface area contributed by atoms with Gasteiger partial charge in [0.2, 0.25) is 5.91 Å². The number of pyridine rings is 1. The number of imide groups is 1. The highest BCUT2D eigenvalue weighted by Crippen LogP contribution is 2.16. The predicted molar refractivity (Wildman–Crippen MR) is 68.2 cm³/mol. The molecule has 0 aromatic carbocycles. The lowest BCUT2D eigenvalue weighted by Gasteiger charge is -2.12. The van der Waals surface area contributed by atoms with Crippen molar-refractivity contribution >= 4 is 23.5 Å². The van der Waals surface area contributed by atoms with Gasteiger partial charge >= 0.3 is 0 Å². The summed E-state index contributed by atoms with van der Waals surface area (Å²) in [4.78, 5) is 28.6. The first-order valence-electron chi connectivity index (χ1n) is 5.89. The summed E-state index contributed by atoms with van der Waals surface area (Å²) in [6.07, 6.45) is 0.183. The van der Waals surface area contributed by atoms with Gasteiger partial charge in [-0.25, -0.2) is 4.98 Å². The average molecular weight is 248 g/mol. The number of likely N-dealkylation sites (N-methyl/N-ethyl adjacent to an activating group) is 1. The number of amides is 2. The van der Waals surface area contributed by atoms with E-state index < -0.39 is 6.04 Å². The van der Waals surface area contributed by atoms with Crippen LogP contribution in [0.5, 0.6) is 0 Å². The molecule has 1 aromatic rings. The van der Waals surface area contributed by atoms with E-state index in [0.29, 0.717) is 5.82 Å². The Morgan fingerprint density at radius 1 is 1.39 bits per heavy atom. The molecule has 2 amide bonds. The lowest BCUT2D eigenvalue weighted by molar-refractivity contribution is -0.136. The Hall–Kier alpha value is -2.11. The van der Waals surface area contributed by atoms with Crippen LogP contribution >= 0.6 is 0 Å². The summed E-state index contributed by atoms with van der Waals surface area (Å²) >= 11 is 0. The van der Waals surface area contributed by atoms with E-state index in [0.717, 1.165) is 17.3 Å². The molecule has 2 rings (SSSR count). The summed E-state index contributed by atoms with van der Waals surface area (Å²) in [6, 6.07) is 4.96. The molecule has 0 bridgehead atoms. The maximum absolute atomic E-state index is 11.7. The van der Waals surface area contributed by atoms with Gasteiger partial charge in [-0.05, 0) is 19.1 Å². The SMILES string of the molecule is CCNc1cccc(NC2CC(=O)N(C)C2=O)n1. The molecule has 96 valence electrons. The number of rotatable bonds is 4. The molecule has 1 atom stereocenters. The molecule has 1 unspecified atom stereocenters. The smallest absolute Gasteiger partial charge is 0.251 e. The Morgan fingerprint density at radius 2 is 2.11 bits per heavy atom.